The number of hydrogen-bond donors (Lipinski definition) is 2. The highest BCUT2D eigenvalue weighted by Crippen LogP contribution is 2.19. The fourth-order valence-electron chi connectivity index (χ4n) is 1.76. The molecule has 5 nitrogen and oxygen atoms in total. The molecule has 0 aliphatic rings. The first-order valence-electron chi connectivity index (χ1n) is 6.63. The molecular formula is C16H13F2NO4. The van der Waals surface area contributed by atoms with Crippen LogP contribution in [0.25, 0.3) is 0 Å². The molecule has 0 radical (unpaired) electrons. The molecule has 7 heteroatoms. The second kappa shape index (κ2) is 6.87. The van der Waals surface area contributed by atoms with Gasteiger partial charge in [-0.3, -0.25) is 4.79 Å². The van der Waals surface area contributed by atoms with Gasteiger partial charge in [-0.1, -0.05) is 12.1 Å². The minimum absolute atomic E-state index is 0.0433. The number of nitrogens with one attached hydrogen (secondary N) is 1. The Kier molecular flexibility index (Phi) is 4.90. The predicted octanol–water partition coefficient (Wildman–Crippen LogP) is 2.85. The van der Waals surface area contributed by atoms with Crippen LogP contribution >= 0.6 is 0 Å². The Bertz CT molecular complexity index is 728. The topological polar surface area (TPSA) is 75.6 Å². The molecule has 0 spiro atoms. The molecule has 0 aromatic heterocycles. The summed E-state index contributed by atoms with van der Waals surface area (Å²) in [7, 11) is 0. The van der Waals surface area contributed by atoms with Gasteiger partial charge in [-0.05, 0) is 37.3 Å². The number of phenols is 1. The van der Waals surface area contributed by atoms with Crippen molar-refractivity contribution in [3.63, 3.8) is 0 Å². The Labute approximate surface area is 130 Å². The normalized spacial score (nSPS) is 11.6. The molecule has 0 saturated heterocycles. The summed E-state index contributed by atoms with van der Waals surface area (Å²) >= 11 is 0. The minimum Gasteiger partial charge on any atom is -0.508 e. The quantitative estimate of drug-likeness (QED) is 0.849. The molecule has 2 aromatic carbocycles. The van der Waals surface area contributed by atoms with Crippen molar-refractivity contribution in [2.75, 3.05) is 5.32 Å². The van der Waals surface area contributed by atoms with Crippen LogP contribution in [0, 0.1) is 11.6 Å². The van der Waals surface area contributed by atoms with E-state index in [-0.39, 0.29) is 11.3 Å². The Morgan fingerprint density at radius 2 is 1.74 bits per heavy atom. The van der Waals surface area contributed by atoms with E-state index in [1.54, 1.807) is 0 Å². The lowest BCUT2D eigenvalue weighted by molar-refractivity contribution is -0.123. The Hall–Kier alpha value is -2.96. The van der Waals surface area contributed by atoms with Gasteiger partial charge in [0.15, 0.2) is 6.10 Å². The Morgan fingerprint density at radius 3 is 2.35 bits per heavy atom. The van der Waals surface area contributed by atoms with Crippen LogP contribution in [0.3, 0.4) is 0 Å². The van der Waals surface area contributed by atoms with Crippen molar-refractivity contribution < 1.29 is 28.2 Å². The molecule has 1 atom stereocenters. The third kappa shape index (κ3) is 4.03. The van der Waals surface area contributed by atoms with Crippen LogP contribution < -0.4 is 5.32 Å². The maximum atomic E-state index is 13.5. The summed E-state index contributed by atoms with van der Waals surface area (Å²) in [6.45, 7) is 1.26. The zero-order valence-corrected chi connectivity index (χ0v) is 12.0. The fourth-order valence-corrected chi connectivity index (χ4v) is 1.76. The summed E-state index contributed by atoms with van der Waals surface area (Å²) in [5, 5.41) is 11.3. The number of carbonyl (C=O) groups is 2. The smallest absolute Gasteiger partial charge is 0.339 e. The summed E-state index contributed by atoms with van der Waals surface area (Å²) in [6, 6.07) is 8.50. The molecular weight excluding hydrogens is 308 g/mol. The van der Waals surface area contributed by atoms with Gasteiger partial charge in [-0.25, -0.2) is 13.6 Å². The van der Waals surface area contributed by atoms with Gasteiger partial charge in [0.1, 0.15) is 23.1 Å². The molecule has 120 valence electrons. The number of carbonyl (C=O) groups excluding carboxylic acids is 2. The molecule has 23 heavy (non-hydrogen) atoms. The van der Waals surface area contributed by atoms with Gasteiger partial charge in [-0.15, -0.1) is 0 Å². The average Bonchev–Trinajstić information content (AvgIpc) is 2.50. The lowest BCUT2D eigenvalue weighted by atomic mass is 10.2. The highest BCUT2D eigenvalue weighted by Gasteiger charge is 2.21. The van der Waals surface area contributed by atoms with Crippen LogP contribution in [-0.4, -0.2) is 23.1 Å². The zero-order valence-electron chi connectivity index (χ0n) is 12.0. The first-order valence-corrected chi connectivity index (χ1v) is 6.63. The number of hydrogen-bond acceptors (Lipinski definition) is 4. The van der Waals surface area contributed by atoms with Crippen LogP contribution in [-0.2, 0) is 9.53 Å². The highest BCUT2D eigenvalue weighted by molar-refractivity contribution is 5.97. The predicted molar refractivity (Wildman–Crippen MR) is 78.0 cm³/mol. The van der Waals surface area contributed by atoms with E-state index in [1.807, 2.05) is 5.32 Å². The number of benzene rings is 2. The van der Waals surface area contributed by atoms with Crippen molar-refractivity contribution >= 4 is 17.6 Å². The number of anilines is 1. The number of rotatable bonds is 4. The second-order valence-electron chi connectivity index (χ2n) is 4.68. The maximum absolute atomic E-state index is 13.5. The SMILES string of the molecule is CC(OC(=O)c1cccc(O)c1)C(=O)Nc1c(F)cccc1F. The summed E-state index contributed by atoms with van der Waals surface area (Å²) in [4.78, 5) is 23.7. The van der Waals surface area contributed by atoms with E-state index in [2.05, 4.69) is 0 Å². The number of halogens is 2. The van der Waals surface area contributed by atoms with Gasteiger partial charge in [-0.2, -0.15) is 0 Å². The standard InChI is InChI=1S/C16H13F2NO4/c1-9(23-16(22)10-4-2-5-11(20)8-10)15(21)19-14-12(17)6-3-7-13(14)18/h2-9,20H,1H3,(H,19,21). The lowest BCUT2D eigenvalue weighted by Gasteiger charge is -2.14. The van der Waals surface area contributed by atoms with Crippen LogP contribution in [0.1, 0.15) is 17.3 Å². The molecule has 0 heterocycles. The Morgan fingerprint density at radius 1 is 1.13 bits per heavy atom. The number of aromatic hydroxyl groups is 1. The van der Waals surface area contributed by atoms with E-state index in [0.717, 1.165) is 18.2 Å². The van der Waals surface area contributed by atoms with Crippen molar-refractivity contribution in [1.29, 1.82) is 0 Å². The minimum atomic E-state index is -1.29. The molecule has 2 aromatic rings. The second-order valence-corrected chi connectivity index (χ2v) is 4.68. The number of ether oxygens (including phenoxy) is 1. The van der Waals surface area contributed by atoms with E-state index >= 15 is 0 Å². The molecule has 0 aliphatic carbocycles. The fraction of sp³-hybridized carbons (Fsp3) is 0.125. The van der Waals surface area contributed by atoms with Gasteiger partial charge in [0.05, 0.1) is 5.56 Å². The number of phenolic OH excluding ortho intramolecular Hbond substituents is 1. The summed E-state index contributed by atoms with van der Waals surface area (Å²) in [6.07, 6.45) is -1.29. The first-order chi connectivity index (χ1) is 10.9. The van der Waals surface area contributed by atoms with E-state index in [4.69, 9.17) is 4.74 Å². The van der Waals surface area contributed by atoms with Crippen molar-refractivity contribution in [2.24, 2.45) is 0 Å². The van der Waals surface area contributed by atoms with Gasteiger partial charge < -0.3 is 15.2 Å². The molecule has 0 bridgehead atoms. The van der Waals surface area contributed by atoms with Crippen LogP contribution in [0.5, 0.6) is 5.75 Å². The van der Waals surface area contributed by atoms with E-state index in [0.29, 0.717) is 0 Å². The van der Waals surface area contributed by atoms with Gasteiger partial charge >= 0.3 is 5.97 Å². The van der Waals surface area contributed by atoms with Crippen molar-refractivity contribution in [3.05, 3.63) is 59.7 Å². The van der Waals surface area contributed by atoms with Gasteiger partial charge in [0.2, 0.25) is 0 Å². The summed E-state index contributed by atoms with van der Waals surface area (Å²) < 4.78 is 31.8. The van der Waals surface area contributed by atoms with Crippen LogP contribution in [0.4, 0.5) is 14.5 Å². The van der Waals surface area contributed by atoms with Crippen molar-refractivity contribution in [1.82, 2.24) is 0 Å². The van der Waals surface area contributed by atoms with E-state index < -0.39 is 35.3 Å². The van der Waals surface area contributed by atoms with Crippen molar-refractivity contribution in [2.45, 2.75) is 13.0 Å². The zero-order chi connectivity index (χ0) is 17.0. The Balaban J connectivity index is 2.04. The van der Waals surface area contributed by atoms with E-state index in [9.17, 15) is 23.5 Å². The molecule has 1 amide bonds. The average molecular weight is 321 g/mol. The maximum Gasteiger partial charge on any atom is 0.339 e. The monoisotopic (exact) mass is 321 g/mol. The highest BCUT2D eigenvalue weighted by atomic mass is 19.1. The largest absolute Gasteiger partial charge is 0.508 e. The number of esters is 1. The summed E-state index contributed by atoms with van der Waals surface area (Å²) in [5.41, 5.74) is -0.570. The van der Waals surface area contributed by atoms with Gasteiger partial charge in [0, 0.05) is 0 Å². The number of para-hydroxylation sites is 1. The molecule has 2 rings (SSSR count). The van der Waals surface area contributed by atoms with Crippen LogP contribution in [0.2, 0.25) is 0 Å². The molecule has 0 saturated carbocycles. The third-order valence-corrected chi connectivity index (χ3v) is 2.95. The molecule has 0 fully saturated rings. The first kappa shape index (κ1) is 16.4. The van der Waals surface area contributed by atoms with Crippen molar-refractivity contribution in [3.8, 4) is 5.75 Å². The van der Waals surface area contributed by atoms with E-state index in [1.165, 1.54) is 31.2 Å². The van der Waals surface area contributed by atoms with Gasteiger partial charge in [0.25, 0.3) is 5.91 Å². The number of amides is 1. The molecule has 2 N–H and O–H groups in total. The van der Waals surface area contributed by atoms with Crippen LogP contribution in [0.15, 0.2) is 42.5 Å². The summed E-state index contributed by atoms with van der Waals surface area (Å²) in [5.74, 6) is -3.75. The molecule has 0 aliphatic heterocycles. The lowest BCUT2D eigenvalue weighted by Crippen LogP contribution is -2.30. The molecule has 1 unspecified atom stereocenters. The third-order valence-electron chi connectivity index (χ3n) is 2.95.